The second-order valence-electron chi connectivity index (χ2n) is 5.40. The second-order valence-corrected chi connectivity index (χ2v) is 5.67. The number of rotatable bonds is 3. The molecule has 1 aromatic carbocycles. The number of benzene rings is 1. The van der Waals surface area contributed by atoms with E-state index in [1.54, 1.807) is 0 Å². The van der Waals surface area contributed by atoms with Gasteiger partial charge in [-0.15, -0.1) is 11.6 Å². The SMILES string of the molecule is Cc1cc(C(C)(C)C)cc(C)c1CNCCl. The molecule has 0 atom stereocenters. The minimum absolute atomic E-state index is 0.216. The zero-order chi connectivity index (χ0) is 12.3. The zero-order valence-corrected chi connectivity index (χ0v) is 11.7. The van der Waals surface area contributed by atoms with Crippen molar-refractivity contribution in [1.29, 1.82) is 0 Å². The lowest BCUT2D eigenvalue weighted by Gasteiger charge is -2.22. The van der Waals surface area contributed by atoms with E-state index in [-0.39, 0.29) is 5.41 Å². The minimum atomic E-state index is 0.216. The van der Waals surface area contributed by atoms with E-state index >= 15 is 0 Å². The summed E-state index contributed by atoms with van der Waals surface area (Å²) < 4.78 is 0. The zero-order valence-electron chi connectivity index (χ0n) is 10.9. The summed E-state index contributed by atoms with van der Waals surface area (Å²) in [4.78, 5) is 0. The molecule has 0 bridgehead atoms. The van der Waals surface area contributed by atoms with Gasteiger partial charge in [0.25, 0.3) is 0 Å². The van der Waals surface area contributed by atoms with E-state index in [1.165, 1.54) is 22.3 Å². The van der Waals surface area contributed by atoms with Crippen LogP contribution in [-0.4, -0.2) is 6.00 Å². The summed E-state index contributed by atoms with van der Waals surface area (Å²) in [7, 11) is 0. The first-order chi connectivity index (χ1) is 7.36. The highest BCUT2D eigenvalue weighted by molar-refractivity contribution is 6.17. The van der Waals surface area contributed by atoms with E-state index in [0.29, 0.717) is 6.00 Å². The van der Waals surface area contributed by atoms with E-state index in [2.05, 4.69) is 52.1 Å². The molecule has 2 heteroatoms. The second kappa shape index (κ2) is 5.20. The van der Waals surface area contributed by atoms with Gasteiger partial charge in [-0.3, -0.25) is 5.32 Å². The fraction of sp³-hybridized carbons (Fsp3) is 0.571. The minimum Gasteiger partial charge on any atom is -0.300 e. The molecule has 1 N–H and O–H groups in total. The van der Waals surface area contributed by atoms with Crippen molar-refractivity contribution in [2.24, 2.45) is 0 Å². The molecule has 90 valence electrons. The van der Waals surface area contributed by atoms with Gasteiger partial charge in [0.1, 0.15) is 0 Å². The van der Waals surface area contributed by atoms with Gasteiger partial charge in [0, 0.05) is 6.54 Å². The third kappa shape index (κ3) is 3.23. The molecule has 0 aromatic heterocycles. The van der Waals surface area contributed by atoms with E-state index in [1.807, 2.05) is 0 Å². The summed E-state index contributed by atoms with van der Waals surface area (Å²) in [5.74, 6) is 0. The molecule has 0 aliphatic heterocycles. The highest BCUT2D eigenvalue weighted by Crippen LogP contribution is 2.26. The Hall–Kier alpha value is -0.530. The predicted molar refractivity (Wildman–Crippen MR) is 72.2 cm³/mol. The number of hydrogen-bond donors (Lipinski definition) is 1. The fourth-order valence-corrected chi connectivity index (χ4v) is 1.97. The molecule has 0 amide bonds. The molecule has 1 rings (SSSR count). The van der Waals surface area contributed by atoms with Crippen LogP contribution in [0.15, 0.2) is 12.1 Å². The summed E-state index contributed by atoms with van der Waals surface area (Å²) in [5, 5.41) is 3.17. The number of nitrogens with one attached hydrogen (secondary N) is 1. The first-order valence-electron chi connectivity index (χ1n) is 5.73. The van der Waals surface area contributed by atoms with Gasteiger partial charge in [-0.2, -0.15) is 0 Å². The average Bonchev–Trinajstić information content (AvgIpc) is 2.15. The van der Waals surface area contributed by atoms with Crippen LogP contribution in [0, 0.1) is 13.8 Å². The molecule has 0 unspecified atom stereocenters. The molecule has 0 fully saturated rings. The van der Waals surface area contributed by atoms with E-state index < -0.39 is 0 Å². The Balaban J connectivity index is 3.08. The van der Waals surface area contributed by atoms with Crippen molar-refractivity contribution < 1.29 is 0 Å². The monoisotopic (exact) mass is 239 g/mol. The van der Waals surface area contributed by atoms with Gasteiger partial charge in [0.15, 0.2) is 0 Å². The van der Waals surface area contributed by atoms with Gasteiger partial charge in [-0.25, -0.2) is 0 Å². The summed E-state index contributed by atoms with van der Waals surface area (Å²) in [5.41, 5.74) is 5.68. The van der Waals surface area contributed by atoms with Crippen molar-refractivity contribution in [2.75, 3.05) is 6.00 Å². The molecule has 0 radical (unpaired) electrons. The summed E-state index contributed by atoms with van der Waals surface area (Å²) in [6, 6.07) is 5.08. The van der Waals surface area contributed by atoms with Crippen molar-refractivity contribution in [3.8, 4) is 0 Å². The molecule has 0 spiro atoms. The van der Waals surface area contributed by atoms with Crippen molar-refractivity contribution >= 4 is 11.6 Å². The predicted octanol–water partition coefficient (Wildman–Crippen LogP) is 3.89. The summed E-state index contributed by atoms with van der Waals surface area (Å²) in [6.45, 7) is 11.9. The van der Waals surface area contributed by atoms with Crippen molar-refractivity contribution in [3.63, 3.8) is 0 Å². The molecule has 0 saturated carbocycles. The number of aryl methyl sites for hydroxylation is 2. The molecule has 16 heavy (non-hydrogen) atoms. The smallest absolute Gasteiger partial charge is 0.0716 e. The van der Waals surface area contributed by atoms with Crippen LogP contribution in [0.1, 0.15) is 43.0 Å². The Morgan fingerprint density at radius 3 is 2.00 bits per heavy atom. The van der Waals surface area contributed by atoms with Gasteiger partial charge < -0.3 is 0 Å². The van der Waals surface area contributed by atoms with Gasteiger partial charge in [0.05, 0.1) is 6.00 Å². The van der Waals surface area contributed by atoms with Gasteiger partial charge in [-0.05, 0) is 41.5 Å². The molecule has 0 saturated heterocycles. The summed E-state index contributed by atoms with van der Waals surface area (Å²) >= 11 is 5.65. The average molecular weight is 240 g/mol. The normalized spacial score (nSPS) is 11.9. The van der Waals surface area contributed by atoms with E-state index in [9.17, 15) is 0 Å². The molecular weight excluding hydrogens is 218 g/mol. The van der Waals surface area contributed by atoms with Crippen LogP contribution in [-0.2, 0) is 12.0 Å². The molecule has 0 heterocycles. The topological polar surface area (TPSA) is 12.0 Å². The van der Waals surface area contributed by atoms with Crippen molar-refractivity contribution in [3.05, 3.63) is 34.4 Å². The number of hydrogen-bond acceptors (Lipinski definition) is 1. The molecule has 1 nitrogen and oxygen atoms in total. The molecule has 0 aliphatic rings. The molecular formula is C14H22ClN. The van der Waals surface area contributed by atoms with E-state index in [4.69, 9.17) is 11.6 Å². The number of halogens is 1. The lowest BCUT2D eigenvalue weighted by Crippen LogP contribution is -2.16. The van der Waals surface area contributed by atoms with Crippen LogP contribution < -0.4 is 5.32 Å². The Morgan fingerprint density at radius 2 is 1.62 bits per heavy atom. The Labute approximate surface area is 104 Å². The van der Waals surface area contributed by atoms with Gasteiger partial charge in [-0.1, -0.05) is 32.9 Å². The summed E-state index contributed by atoms with van der Waals surface area (Å²) in [6.07, 6.45) is 0. The van der Waals surface area contributed by atoms with Gasteiger partial charge >= 0.3 is 0 Å². The maximum absolute atomic E-state index is 5.65. The number of alkyl halides is 1. The highest BCUT2D eigenvalue weighted by Gasteiger charge is 2.15. The van der Waals surface area contributed by atoms with Crippen LogP contribution in [0.2, 0.25) is 0 Å². The Morgan fingerprint density at radius 1 is 1.12 bits per heavy atom. The van der Waals surface area contributed by atoms with Crippen LogP contribution in [0.25, 0.3) is 0 Å². The van der Waals surface area contributed by atoms with Crippen LogP contribution >= 0.6 is 11.6 Å². The molecule has 1 aromatic rings. The quantitative estimate of drug-likeness (QED) is 0.624. The maximum atomic E-state index is 5.65. The maximum Gasteiger partial charge on any atom is 0.0716 e. The fourth-order valence-electron chi connectivity index (χ4n) is 1.88. The lowest BCUT2D eigenvalue weighted by atomic mass is 9.84. The van der Waals surface area contributed by atoms with E-state index in [0.717, 1.165) is 6.54 Å². The highest BCUT2D eigenvalue weighted by atomic mass is 35.5. The van der Waals surface area contributed by atoms with Crippen LogP contribution in [0.5, 0.6) is 0 Å². The van der Waals surface area contributed by atoms with Crippen molar-refractivity contribution in [1.82, 2.24) is 5.32 Å². The van der Waals surface area contributed by atoms with Gasteiger partial charge in [0.2, 0.25) is 0 Å². The third-order valence-electron chi connectivity index (χ3n) is 2.96. The lowest BCUT2D eigenvalue weighted by molar-refractivity contribution is 0.588. The van der Waals surface area contributed by atoms with Crippen LogP contribution in [0.3, 0.4) is 0 Å². The first kappa shape index (κ1) is 13.5. The Bertz CT molecular complexity index is 340. The Kier molecular flexibility index (Phi) is 4.40. The third-order valence-corrected chi connectivity index (χ3v) is 3.15. The van der Waals surface area contributed by atoms with Crippen LogP contribution in [0.4, 0.5) is 0 Å². The standard InChI is InChI=1S/C14H22ClN/c1-10-6-12(14(3,4)5)7-11(2)13(10)8-16-9-15/h6-7,16H,8-9H2,1-5H3. The van der Waals surface area contributed by atoms with Crippen molar-refractivity contribution in [2.45, 2.75) is 46.6 Å². The molecule has 0 aliphatic carbocycles. The largest absolute Gasteiger partial charge is 0.300 e. The first-order valence-corrected chi connectivity index (χ1v) is 6.27.